The molecule has 1 aromatic carbocycles. The molecule has 2 heterocycles. The summed E-state index contributed by atoms with van der Waals surface area (Å²) in [4.78, 5) is 31.8. The third-order valence-electron chi connectivity index (χ3n) is 3.74. The number of aryl methyl sites for hydroxylation is 1. The molecule has 0 fully saturated rings. The highest BCUT2D eigenvalue weighted by molar-refractivity contribution is 6.02. The Kier molecular flexibility index (Phi) is 5.07. The van der Waals surface area contributed by atoms with Gasteiger partial charge in [0.1, 0.15) is 5.69 Å². The van der Waals surface area contributed by atoms with Gasteiger partial charge >= 0.3 is 5.97 Å². The molecule has 0 unspecified atom stereocenters. The number of hydrogen-bond donors (Lipinski definition) is 1. The second kappa shape index (κ2) is 7.60. The average molecular weight is 350 g/mol. The Bertz CT molecular complexity index is 932. The molecule has 0 atom stereocenters. The van der Waals surface area contributed by atoms with Crippen LogP contribution in [0.4, 0.5) is 5.82 Å². The first-order valence-electron chi connectivity index (χ1n) is 7.98. The number of carbonyl (C=O) groups excluding carboxylic acids is 2. The van der Waals surface area contributed by atoms with E-state index in [1.807, 2.05) is 29.7 Å². The first-order valence-corrected chi connectivity index (χ1v) is 7.98. The fourth-order valence-corrected chi connectivity index (χ4v) is 2.48. The first-order chi connectivity index (χ1) is 12.5. The van der Waals surface area contributed by atoms with Gasteiger partial charge in [-0.05, 0) is 24.6 Å². The average Bonchev–Trinajstić information content (AvgIpc) is 3.08. The monoisotopic (exact) mass is 350 g/mol. The van der Waals surface area contributed by atoms with Crippen LogP contribution in [0.25, 0.3) is 0 Å². The Labute approximate surface area is 150 Å². The third-order valence-corrected chi connectivity index (χ3v) is 3.74. The summed E-state index contributed by atoms with van der Waals surface area (Å²) >= 11 is 0. The summed E-state index contributed by atoms with van der Waals surface area (Å²) in [5, 5.41) is 2.69. The van der Waals surface area contributed by atoms with Crippen molar-refractivity contribution in [1.82, 2.24) is 14.5 Å². The lowest BCUT2D eigenvalue weighted by atomic mass is 10.1. The van der Waals surface area contributed by atoms with Crippen molar-refractivity contribution in [2.75, 3.05) is 12.4 Å². The smallest absolute Gasteiger partial charge is 0.339 e. The number of pyridine rings is 1. The van der Waals surface area contributed by atoms with Gasteiger partial charge < -0.3 is 14.6 Å². The highest BCUT2D eigenvalue weighted by Crippen LogP contribution is 2.10. The van der Waals surface area contributed by atoms with Crippen LogP contribution in [-0.4, -0.2) is 33.5 Å². The maximum Gasteiger partial charge on any atom is 0.339 e. The molecule has 0 radical (unpaired) electrons. The second-order valence-electron chi connectivity index (χ2n) is 5.80. The Morgan fingerprint density at radius 3 is 2.73 bits per heavy atom. The number of amides is 1. The molecule has 0 saturated carbocycles. The van der Waals surface area contributed by atoms with E-state index in [0.717, 1.165) is 5.56 Å². The number of nitrogens with one attached hydrogen (secondary N) is 1. The van der Waals surface area contributed by atoms with Crippen LogP contribution in [0.2, 0.25) is 0 Å². The predicted molar refractivity (Wildman–Crippen MR) is 96.0 cm³/mol. The van der Waals surface area contributed by atoms with E-state index in [2.05, 4.69) is 26.1 Å². The summed E-state index contributed by atoms with van der Waals surface area (Å²) < 4.78 is 6.49. The lowest BCUT2D eigenvalue weighted by Crippen LogP contribution is -2.14. The summed E-state index contributed by atoms with van der Waals surface area (Å²) in [5.41, 5.74) is 2.82. The number of imidazole rings is 1. The maximum atomic E-state index is 12.2. The highest BCUT2D eigenvalue weighted by atomic mass is 16.5. The largest absolute Gasteiger partial charge is 0.465 e. The summed E-state index contributed by atoms with van der Waals surface area (Å²) in [6.07, 6.45) is 4.71. The predicted octanol–water partition coefficient (Wildman–Crippen LogP) is 2.67. The molecule has 2 aromatic heterocycles. The van der Waals surface area contributed by atoms with Crippen molar-refractivity contribution in [2.45, 2.75) is 13.5 Å². The van der Waals surface area contributed by atoms with Crippen molar-refractivity contribution in [3.8, 4) is 0 Å². The molecule has 132 valence electrons. The first kappa shape index (κ1) is 17.3. The van der Waals surface area contributed by atoms with Crippen LogP contribution in [0, 0.1) is 6.92 Å². The molecule has 0 aliphatic heterocycles. The van der Waals surface area contributed by atoms with Crippen molar-refractivity contribution < 1.29 is 14.3 Å². The van der Waals surface area contributed by atoms with Crippen molar-refractivity contribution in [3.05, 3.63) is 77.5 Å². The van der Waals surface area contributed by atoms with Gasteiger partial charge in [0.15, 0.2) is 5.82 Å². The standard InChI is InChI=1S/C19H18N4O3/c1-13-4-3-5-14(8-13)10-23-11-17(21-12-23)22-18(24)16-7-6-15(9-20-16)19(25)26-2/h3-9,11-12H,10H2,1-2H3,(H,22,24). The van der Waals surface area contributed by atoms with Crippen molar-refractivity contribution in [2.24, 2.45) is 0 Å². The van der Waals surface area contributed by atoms with E-state index in [0.29, 0.717) is 12.4 Å². The molecule has 0 aliphatic carbocycles. The number of nitrogens with zero attached hydrogens (tertiary/aromatic N) is 3. The highest BCUT2D eigenvalue weighted by Gasteiger charge is 2.12. The number of hydrogen-bond acceptors (Lipinski definition) is 5. The number of rotatable bonds is 5. The van der Waals surface area contributed by atoms with Gasteiger partial charge in [-0.2, -0.15) is 0 Å². The molecule has 26 heavy (non-hydrogen) atoms. The number of ether oxygens (including phenoxy) is 1. The fraction of sp³-hybridized carbons (Fsp3) is 0.158. The van der Waals surface area contributed by atoms with Crippen LogP contribution in [0.3, 0.4) is 0 Å². The van der Waals surface area contributed by atoms with Crippen molar-refractivity contribution in [1.29, 1.82) is 0 Å². The molecular formula is C19H18N4O3. The zero-order valence-electron chi connectivity index (χ0n) is 14.5. The fourth-order valence-electron chi connectivity index (χ4n) is 2.48. The lowest BCUT2D eigenvalue weighted by Gasteiger charge is -2.04. The van der Waals surface area contributed by atoms with Gasteiger partial charge in [0.05, 0.1) is 19.0 Å². The Morgan fingerprint density at radius 2 is 2.04 bits per heavy atom. The van der Waals surface area contributed by atoms with Crippen molar-refractivity contribution in [3.63, 3.8) is 0 Å². The van der Waals surface area contributed by atoms with Gasteiger partial charge in [-0.25, -0.2) is 9.78 Å². The van der Waals surface area contributed by atoms with Crippen LogP contribution in [0.15, 0.2) is 55.1 Å². The number of benzene rings is 1. The van der Waals surface area contributed by atoms with E-state index in [9.17, 15) is 9.59 Å². The quantitative estimate of drug-likeness (QED) is 0.715. The van der Waals surface area contributed by atoms with Gasteiger partial charge in [-0.1, -0.05) is 29.8 Å². The van der Waals surface area contributed by atoms with E-state index in [1.165, 1.54) is 31.0 Å². The van der Waals surface area contributed by atoms with Crippen LogP contribution in [0.5, 0.6) is 0 Å². The maximum absolute atomic E-state index is 12.2. The van der Waals surface area contributed by atoms with E-state index < -0.39 is 11.9 Å². The minimum Gasteiger partial charge on any atom is -0.465 e. The van der Waals surface area contributed by atoms with E-state index >= 15 is 0 Å². The van der Waals surface area contributed by atoms with Crippen LogP contribution >= 0.6 is 0 Å². The molecule has 0 saturated heterocycles. The number of methoxy groups -OCH3 is 1. The topological polar surface area (TPSA) is 86.1 Å². The zero-order valence-corrected chi connectivity index (χ0v) is 14.5. The number of anilines is 1. The molecule has 0 spiro atoms. The summed E-state index contributed by atoms with van der Waals surface area (Å²) in [5.74, 6) is -0.469. The molecule has 7 heteroatoms. The van der Waals surface area contributed by atoms with Gasteiger partial charge in [-0.15, -0.1) is 0 Å². The number of carbonyl (C=O) groups is 2. The summed E-state index contributed by atoms with van der Waals surface area (Å²) in [6.45, 7) is 2.71. The Hall–Kier alpha value is -3.48. The molecule has 3 rings (SSSR count). The SMILES string of the molecule is COC(=O)c1ccc(C(=O)Nc2cn(Cc3cccc(C)c3)cn2)nc1. The Balaban J connectivity index is 1.65. The normalized spacial score (nSPS) is 10.4. The molecule has 7 nitrogen and oxygen atoms in total. The van der Waals surface area contributed by atoms with E-state index in [1.54, 1.807) is 12.5 Å². The number of esters is 1. The minimum atomic E-state index is -0.501. The molecule has 1 amide bonds. The second-order valence-corrected chi connectivity index (χ2v) is 5.80. The Morgan fingerprint density at radius 1 is 1.19 bits per heavy atom. The molecule has 0 aliphatic rings. The molecule has 1 N–H and O–H groups in total. The van der Waals surface area contributed by atoms with Gasteiger partial charge in [0.2, 0.25) is 0 Å². The molecule has 3 aromatic rings. The van der Waals surface area contributed by atoms with Crippen LogP contribution < -0.4 is 5.32 Å². The minimum absolute atomic E-state index is 0.186. The molecular weight excluding hydrogens is 332 g/mol. The van der Waals surface area contributed by atoms with Crippen LogP contribution in [-0.2, 0) is 11.3 Å². The lowest BCUT2D eigenvalue weighted by molar-refractivity contribution is 0.0600. The summed E-state index contributed by atoms with van der Waals surface area (Å²) in [7, 11) is 1.29. The van der Waals surface area contributed by atoms with Crippen LogP contribution in [0.1, 0.15) is 32.0 Å². The van der Waals surface area contributed by atoms with E-state index in [4.69, 9.17) is 0 Å². The van der Waals surface area contributed by atoms with Gasteiger partial charge in [0.25, 0.3) is 5.91 Å². The summed E-state index contributed by atoms with van der Waals surface area (Å²) in [6, 6.07) is 11.1. The van der Waals surface area contributed by atoms with Crippen molar-refractivity contribution >= 4 is 17.7 Å². The van der Waals surface area contributed by atoms with Gasteiger partial charge in [-0.3, -0.25) is 9.78 Å². The third kappa shape index (κ3) is 4.13. The number of aromatic nitrogens is 3. The molecule has 0 bridgehead atoms. The zero-order chi connectivity index (χ0) is 18.5. The van der Waals surface area contributed by atoms with E-state index in [-0.39, 0.29) is 11.3 Å². The van der Waals surface area contributed by atoms with Gasteiger partial charge in [0, 0.05) is 18.9 Å².